The van der Waals surface area contributed by atoms with Gasteiger partial charge in [0, 0.05) is 7.05 Å². The van der Waals surface area contributed by atoms with Crippen LogP contribution in [0.5, 0.6) is 0 Å². The molecular weight excluding hydrogens is 246 g/mol. The lowest BCUT2D eigenvalue weighted by molar-refractivity contribution is 0.832. The van der Waals surface area contributed by atoms with Crippen molar-refractivity contribution in [3.8, 4) is 0 Å². The molecule has 1 heterocycles. The van der Waals surface area contributed by atoms with Gasteiger partial charge in [-0.2, -0.15) is 0 Å². The third kappa shape index (κ3) is 2.27. The molecule has 0 bridgehead atoms. The van der Waals surface area contributed by atoms with E-state index in [9.17, 15) is 0 Å². The zero-order chi connectivity index (χ0) is 14.1. The van der Waals surface area contributed by atoms with Crippen molar-refractivity contribution in [3.05, 3.63) is 59.7 Å². The molecule has 0 radical (unpaired) electrons. The smallest absolute Gasteiger partial charge is 0.204 e. The number of nitrogens with zero attached hydrogens (tertiary/aromatic N) is 2. The molecule has 1 unspecified atom stereocenters. The molecule has 0 fully saturated rings. The summed E-state index contributed by atoms with van der Waals surface area (Å²) in [5.41, 5.74) is 4.68. The van der Waals surface area contributed by atoms with Gasteiger partial charge in [0.2, 0.25) is 5.95 Å². The van der Waals surface area contributed by atoms with E-state index in [1.165, 1.54) is 11.1 Å². The number of benzene rings is 2. The number of fused-ring (bicyclic) bond motifs is 1. The Bertz CT molecular complexity index is 729. The summed E-state index contributed by atoms with van der Waals surface area (Å²) in [5.74, 6) is 0.905. The minimum atomic E-state index is 0.229. The average molecular weight is 265 g/mol. The Kier molecular flexibility index (Phi) is 3.18. The van der Waals surface area contributed by atoms with Crippen molar-refractivity contribution < 1.29 is 0 Å². The number of rotatable bonds is 3. The van der Waals surface area contributed by atoms with E-state index in [2.05, 4.69) is 66.2 Å². The van der Waals surface area contributed by atoms with E-state index in [1.54, 1.807) is 0 Å². The van der Waals surface area contributed by atoms with Crippen LogP contribution < -0.4 is 5.32 Å². The fourth-order valence-electron chi connectivity index (χ4n) is 2.46. The van der Waals surface area contributed by atoms with Gasteiger partial charge in [0.1, 0.15) is 0 Å². The summed E-state index contributed by atoms with van der Waals surface area (Å²) >= 11 is 0. The highest BCUT2D eigenvalue weighted by atomic mass is 15.2. The van der Waals surface area contributed by atoms with Crippen LogP contribution in [0.1, 0.15) is 24.1 Å². The molecule has 0 spiro atoms. The molecule has 0 aliphatic carbocycles. The maximum Gasteiger partial charge on any atom is 0.204 e. The number of aryl methyl sites for hydroxylation is 2. The van der Waals surface area contributed by atoms with Gasteiger partial charge in [-0.3, -0.25) is 0 Å². The summed E-state index contributed by atoms with van der Waals surface area (Å²) in [6, 6.07) is 17.0. The molecule has 0 aliphatic heterocycles. The first kappa shape index (κ1) is 12.7. The quantitative estimate of drug-likeness (QED) is 0.774. The fourth-order valence-corrected chi connectivity index (χ4v) is 2.46. The van der Waals surface area contributed by atoms with E-state index in [0.717, 1.165) is 17.0 Å². The minimum absolute atomic E-state index is 0.229. The Hall–Kier alpha value is -2.29. The van der Waals surface area contributed by atoms with E-state index in [0.29, 0.717) is 0 Å². The first-order chi connectivity index (χ1) is 9.65. The van der Waals surface area contributed by atoms with Crippen molar-refractivity contribution in [1.29, 1.82) is 0 Å². The number of hydrogen-bond acceptors (Lipinski definition) is 2. The Morgan fingerprint density at radius 3 is 2.60 bits per heavy atom. The van der Waals surface area contributed by atoms with Gasteiger partial charge in [-0.1, -0.05) is 36.4 Å². The van der Waals surface area contributed by atoms with Crippen molar-refractivity contribution in [1.82, 2.24) is 9.55 Å². The molecule has 0 saturated heterocycles. The van der Waals surface area contributed by atoms with Crippen molar-refractivity contribution >= 4 is 17.0 Å². The monoisotopic (exact) mass is 265 g/mol. The van der Waals surface area contributed by atoms with Crippen LogP contribution >= 0.6 is 0 Å². The lowest BCUT2D eigenvalue weighted by Crippen LogP contribution is -2.10. The average Bonchev–Trinajstić information content (AvgIpc) is 2.75. The van der Waals surface area contributed by atoms with Crippen LogP contribution in [0, 0.1) is 6.92 Å². The summed E-state index contributed by atoms with van der Waals surface area (Å²) < 4.78 is 2.11. The van der Waals surface area contributed by atoms with Crippen LogP contribution in [-0.4, -0.2) is 9.55 Å². The maximum absolute atomic E-state index is 4.69. The summed E-state index contributed by atoms with van der Waals surface area (Å²) in [7, 11) is 2.05. The van der Waals surface area contributed by atoms with Crippen LogP contribution in [0.3, 0.4) is 0 Å². The summed E-state index contributed by atoms with van der Waals surface area (Å²) in [4.78, 5) is 4.69. The van der Waals surface area contributed by atoms with Gasteiger partial charge >= 0.3 is 0 Å². The van der Waals surface area contributed by atoms with E-state index in [4.69, 9.17) is 4.98 Å². The van der Waals surface area contributed by atoms with Crippen molar-refractivity contribution in [2.45, 2.75) is 19.9 Å². The Morgan fingerprint density at radius 1 is 1.10 bits per heavy atom. The highest BCUT2D eigenvalue weighted by Gasteiger charge is 2.11. The molecule has 20 heavy (non-hydrogen) atoms. The van der Waals surface area contributed by atoms with Gasteiger partial charge in [-0.25, -0.2) is 4.98 Å². The second-order valence-corrected chi connectivity index (χ2v) is 5.26. The number of aromatic nitrogens is 2. The highest BCUT2D eigenvalue weighted by molar-refractivity contribution is 5.79. The van der Waals surface area contributed by atoms with Crippen LogP contribution in [0.4, 0.5) is 5.95 Å². The Balaban J connectivity index is 1.93. The summed E-state index contributed by atoms with van der Waals surface area (Å²) in [6.07, 6.45) is 0. The molecule has 3 aromatic rings. The minimum Gasteiger partial charge on any atom is -0.349 e. The van der Waals surface area contributed by atoms with Crippen molar-refractivity contribution in [2.75, 3.05) is 5.32 Å². The molecule has 2 aromatic carbocycles. The molecule has 1 aromatic heterocycles. The lowest BCUT2D eigenvalue weighted by Gasteiger charge is -2.14. The fraction of sp³-hybridized carbons (Fsp3) is 0.235. The maximum atomic E-state index is 4.69. The first-order valence-corrected chi connectivity index (χ1v) is 6.90. The lowest BCUT2D eigenvalue weighted by atomic mass is 10.1. The van der Waals surface area contributed by atoms with Gasteiger partial charge < -0.3 is 9.88 Å². The summed E-state index contributed by atoms with van der Waals surface area (Å²) in [6.45, 7) is 4.24. The SMILES string of the molecule is Cc1ccc2c(c1)nc(NC(C)c1ccccc1)n2C. The Labute approximate surface area is 119 Å². The number of nitrogens with one attached hydrogen (secondary N) is 1. The standard InChI is InChI=1S/C17H19N3/c1-12-9-10-16-15(11-12)19-17(20(16)3)18-13(2)14-7-5-4-6-8-14/h4-11,13H,1-3H3,(H,18,19). The second kappa shape index (κ2) is 5.00. The zero-order valence-corrected chi connectivity index (χ0v) is 12.1. The highest BCUT2D eigenvalue weighted by Crippen LogP contribution is 2.23. The summed E-state index contributed by atoms with van der Waals surface area (Å²) in [5, 5.41) is 3.49. The molecule has 0 aliphatic rings. The molecule has 1 atom stereocenters. The van der Waals surface area contributed by atoms with E-state index in [-0.39, 0.29) is 6.04 Å². The van der Waals surface area contributed by atoms with E-state index in [1.807, 2.05) is 13.1 Å². The molecule has 3 heteroatoms. The molecule has 0 amide bonds. The van der Waals surface area contributed by atoms with Gasteiger partial charge in [-0.15, -0.1) is 0 Å². The van der Waals surface area contributed by atoms with Gasteiger partial charge in [0.05, 0.1) is 17.1 Å². The van der Waals surface area contributed by atoms with Gasteiger partial charge in [0.25, 0.3) is 0 Å². The van der Waals surface area contributed by atoms with Crippen molar-refractivity contribution in [3.63, 3.8) is 0 Å². The first-order valence-electron chi connectivity index (χ1n) is 6.90. The molecular formula is C17H19N3. The van der Waals surface area contributed by atoms with Gasteiger partial charge in [0.15, 0.2) is 0 Å². The van der Waals surface area contributed by atoms with Crippen LogP contribution in [0.2, 0.25) is 0 Å². The third-order valence-electron chi connectivity index (χ3n) is 3.68. The van der Waals surface area contributed by atoms with E-state index >= 15 is 0 Å². The zero-order valence-electron chi connectivity index (χ0n) is 12.1. The number of hydrogen-bond donors (Lipinski definition) is 1. The predicted molar refractivity (Wildman–Crippen MR) is 83.9 cm³/mol. The van der Waals surface area contributed by atoms with Crippen molar-refractivity contribution in [2.24, 2.45) is 7.05 Å². The predicted octanol–water partition coefficient (Wildman–Crippen LogP) is 4.05. The van der Waals surface area contributed by atoms with Crippen LogP contribution in [-0.2, 0) is 7.05 Å². The molecule has 3 nitrogen and oxygen atoms in total. The topological polar surface area (TPSA) is 29.9 Å². The third-order valence-corrected chi connectivity index (χ3v) is 3.68. The van der Waals surface area contributed by atoms with Crippen LogP contribution in [0.15, 0.2) is 48.5 Å². The Morgan fingerprint density at radius 2 is 1.85 bits per heavy atom. The van der Waals surface area contributed by atoms with Crippen LogP contribution in [0.25, 0.3) is 11.0 Å². The molecule has 1 N–H and O–H groups in total. The molecule has 102 valence electrons. The largest absolute Gasteiger partial charge is 0.349 e. The van der Waals surface area contributed by atoms with E-state index < -0.39 is 0 Å². The number of imidazole rings is 1. The normalized spacial score (nSPS) is 12.6. The molecule has 3 rings (SSSR count). The second-order valence-electron chi connectivity index (χ2n) is 5.26. The van der Waals surface area contributed by atoms with Gasteiger partial charge in [-0.05, 0) is 37.1 Å². The molecule has 0 saturated carbocycles. The number of anilines is 1.